The molecule has 0 bridgehead atoms. The Balaban J connectivity index is 2.19. The number of aromatic nitrogens is 3. The molecule has 90 valence electrons. The average molecular weight is 237 g/mol. The standard InChI is InChI=1S/C15H15N3/c1-9-4-5-12(8-11(9)3)14-17-13-10(2)6-7-16-15(13)18-14/h4-8H,1-3H3,(H,16,17,18). The fraction of sp³-hybridized carbons (Fsp3) is 0.200. The Morgan fingerprint density at radius 3 is 2.50 bits per heavy atom. The molecule has 2 aromatic heterocycles. The van der Waals surface area contributed by atoms with Crippen molar-refractivity contribution in [2.75, 3.05) is 0 Å². The van der Waals surface area contributed by atoms with Crippen LogP contribution in [0, 0.1) is 20.8 Å². The second kappa shape index (κ2) is 3.95. The molecule has 3 heteroatoms. The number of nitrogens with zero attached hydrogens (tertiary/aromatic N) is 2. The highest BCUT2D eigenvalue weighted by Crippen LogP contribution is 2.23. The van der Waals surface area contributed by atoms with Crippen LogP contribution < -0.4 is 0 Å². The second-order valence-corrected chi connectivity index (χ2v) is 4.71. The highest BCUT2D eigenvalue weighted by atomic mass is 15.0. The van der Waals surface area contributed by atoms with E-state index in [0.29, 0.717) is 0 Å². The van der Waals surface area contributed by atoms with Crippen molar-refractivity contribution in [3.8, 4) is 11.4 Å². The number of nitrogens with one attached hydrogen (secondary N) is 1. The van der Waals surface area contributed by atoms with Gasteiger partial charge in [0, 0.05) is 11.8 Å². The quantitative estimate of drug-likeness (QED) is 0.703. The van der Waals surface area contributed by atoms with Crippen molar-refractivity contribution >= 4 is 11.2 Å². The SMILES string of the molecule is Cc1ccc(-c2nc3nccc(C)c3[nH]2)cc1C. The third kappa shape index (κ3) is 1.68. The summed E-state index contributed by atoms with van der Waals surface area (Å²) in [6, 6.07) is 8.36. The summed E-state index contributed by atoms with van der Waals surface area (Å²) in [5.41, 5.74) is 6.65. The average Bonchev–Trinajstić information content (AvgIpc) is 2.78. The highest BCUT2D eigenvalue weighted by Gasteiger charge is 2.08. The molecule has 3 nitrogen and oxygen atoms in total. The number of fused-ring (bicyclic) bond motifs is 1. The molecule has 18 heavy (non-hydrogen) atoms. The second-order valence-electron chi connectivity index (χ2n) is 4.71. The van der Waals surface area contributed by atoms with E-state index in [1.165, 1.54) is 16.7 Å². The maximum absolute atomic E-state index is 4.55. The summed E-state index contributed by atoms with van der Waals surface area (Å²) >= 11 is 0. The predicted octanol–water partition coefficient (Wildman–Crippen LogP) is 3.55. The van der Waals surface area contributed by atoms with Gasteiger partial charge in [0.05, 0.1) is 5.52 Å². The largest absolute Gasteiger partial charge is 0.336 e. The Kier molecular flexibility index (Phi) is 2.40. The smallest absolute Gasteiger partial charge is 0.178 e. The Hall–Kier alpha value is -2.16. The van der Waals surface area contributed by atoms with E-state index >= 15 is 0 Å². The zero-order chi connectivity index (χ0) is 12.7. The predicted molar refractivity (Wildman–Crippen MR) is 73.5 cm³/mol. The first-order valence-corrected chi connectivity index (χ1v) is 6.04. The molecule has 0 atom stereocenters. The molecule has 0 saturated carbocycles. The van der Waals surface area contributed by atoms with Gasteiger partial charge in [0.2, 0.25) is 0 Å². The molecule has 0 unspecified atom stereocenters. The molecule has 0 radical (unpaired) electrons. The van der Waals surface area contributed by atoms with Crippen molar-refractivity contribution in [2.24, 2.45) is 0 Å². The van der Waals surface area contributed by atoms with E-state index in [1.54, 1.807) is 6.20 Å². The molecule has 3 aromatic rings. The first kappa shape index (κ1) is 11.0. The van der Waals surface area contributed by atoms with Gasteiger partial charge in [-0.3, -0.25) is 0 Å². The lowest BCUT2D eigenvalue weighted by Gasteiger charge is -2.02. The first-order chi connectivity index (χ1) is 8.65. The van der Waals surface area contributed by atoms with Gasteiger partial charge in [0.1, 0.15) is 5.82 Å². The van der Waals surface area contributed by atoms with Crippen molar-refractivity contribution in [1.82, 2.24) is 15.0 Å². The van der Waals surface area contributed by atoms with Gasteiger partial charge in [0.25, 0.3) is 0 Å². The minimum atomic E-state index is 0.781. The van der Waals surface area contributed by atoms with Crippen molar-refractivity contribution in [1.29, 1.82) is 0 Å². The Labute approximate surface area is 106 Å². The summed E-state index contributed by atoms with van der Waals surface area (Å²) in [7, 11) is 0. The van der Waals surface area contributed by atoms with Gasteiger partial charge in [-0.1, -0.05) is 12.1 Å². The Bertz CT molecular complexity index is 726. The summed E-state index contributed by atoms with van der Waals surface area (Å²) in [5.74, 6) is 0.884. The molecule has 0 aliphatic rings. The van der Waals surface area contributed by atoms with Crippen LogP contribution >= 0.6 is 0 Å². The maximum Gasteiger partial charge on any atom is 0.178 e. The summed E-state index contributed by atoms with van der Waals surface area (Å²) in [5, 5.41) is 0. The molecule has 3 rings (SSSR count). The number of H-pyrrole nitrogens is 1. The van der Waals surface area contributed by atoms with E-state index in [0.717, 1.165) is 22.6 Å². The van der Waals surface area contributed by atoms with Crippen LogP contribution in [0.4, 0.5) is 0 Å². The molecule has 0 aliphatic heterocycles. The molecule has 0 fully saturated rings. The van der Waals surface area contributed by atoms with Crippen molar-refractivity contribution < 1.29 is 0 Å². The van der Waals surface area contributed by atoms with Crippen molar-refractivity contribution in [2.45, 2.75) is 20.8 Å². The molecular weight excluding hydrogens is 222 g/mol. The number of aryl methyl sites for hydroxylation is 3. The van der Waals surface area contributed by atoms with Gasteiger partial charge in [-0.25, -0.2) is 9.97 Å². The molecule has 2 heterocycles. The monoisotopic (exact) mass is 237 g/mol. The molecule has 0 aliphatic carbocycles. The van der Waals surface area contributed by atoms with Gasteiger partial charge in [-0.05, 0) is 49.6 Å². The van der Waals surface area contributed by atoms with Crippen LogP contribution in [-0.4, -0.2) is 15.0 Å². The topological polar surface area (TPSA) is 41.6 Å². The zero-order valence-electron chi connectivity index (χ0n) is 10.8. The summed E-state index contributed by atoms with van der Waals surface area (Å²) in [6.07, 6.45) is 1.79. The Morgan fingerprint density at radius 2 is 1.78 bits per heavy atom. The number of pyridine rings is 1. The van der Waals surface area contributed by atoms with E-state index in [4.69, 9.17) is 0 Å². The number of hydrogen-bond acceptors (Lipinski definition) is 2. The molecule has 0 spiro atoms. The lowest BCUT2D eigenvalue weighted by Crippen LogP contribution is -1.85. The molecule has 1 aromatic carbocycles. The van der Waals surface area contributed by atoms with Gasteiger partial charge < -0.3 is 4.98 Å². The van der Waals surface area contributed by atoms with E-state index < -0.39 is 0 Å². The normalized spacial score (nSPS) is 11.1. The molecular formula is C15H15N3. The van der Waals surface area contributed by atoms with Crippen molar-refractivity contribution in [3.05, 3.63) is 47.2 Å². The minimum absolute atomic E-state index is 0.781. The minimum Gasteiger partial charge on any atom is -0.336 e. The van der Waals surface area contributed by atoms with Crippen molar-refractivity contribution in [3.63, 3.8) is 0 Å². The number of aromatic amines is 1. The summed E-state index contributed by atoms with van der Waals surface area (Å²) in [6.45, 7) is 6.29. The van der Waals surface area contributed by atoms with Gasteiger partial charge in [-0.15, -0.1) is 0 Å². The van der Waals surface area contributed by atoms with E-state index in [1.807, 2.05) is 6.07 Å². The molecule has 0 saturated heterocycles. The van der Waals surface area contributed by atoms with Gasteiger partial charge >= 0.3 is 0 Å². The highest BCUT2D eigenvalue weighted by molar-refractivity contribution is 5.78. The summed E-state index contributed by atoms with van der Waals surface area (Å²) < 4.78 is 0. The van der Waals surface area contributed by atoms with Crippen LogP contribution in [-0.2, 0) is 0 Å². The number of imidazole rings is 1. The third-order valence-corrected chi connectivity index (χ3v) is 3.38. The number of hydrogen-bond donors (Lipinski definition) is 1. The van der Waals surface area contributed by atoms with Crippen LogP contribution in [0.15, 0.2) is 30.5 Å². The molecule has 1 N–H and O–H groups in total. The zero-order valence-corrected chi connectivity index (χ0v) is 10.8. The van der Waals surface area contributed by atoms with E-state index in [-0.39, 0.29) is 0 Å². The fourth-order valence-electron chi connectivity index (χ4n) is 2.06. The van der Waals surface area contributed by atoms with Gasteiger partial charge in [-0.2, -0.15) is 0 Å². The first-order valence-electron chi connectivity index (χ1n) is 6.04. The Morgan fingerprint density at radius 1 is 0.944 bits per heavy atom. The maximum atomic E-state index is 4.55. The molecule has 0 amide bonds. The van der Waals surface area contributed by atoms with Gasteiger partial charge in [0.15, 0.2) is 5.65 Å². The third-order valence-electron chi connectivity index (χ3n) is 3.38. The van der Waals surface area contributed by atoms with Crippen LogP contribution in [0.25, 0.3) is 22.6 Å². The fourth-order valence-corrected chi connectivity index (χ4v) is 2.06. The van der Waals surface area contributed by atoms with E-state index in [2.05, 4.69) is 53.9 Å². The number of benzene rings is 1. The lowest BCUT2D eigenvalue weighted by molar-refractivity contribution is 1.28. The lowest BCUT2D eigenvalue weighted by atomic mass is 10.1. The van der Waals surface area contributed by atoms with Crippen LogP contribution in [0.2, 0.25) is 0 Å². The number of rotatable bonds is 1. The van der Waals surface area contributed by atoms with E-state index in [9.17, 15) is 0 Å². The van der Waals surface area contributed by atoms with Crippen LogP contribution in [0.5, 0.6) is 0 Å². The van der Waals surface area contributed by atoms with Crippen LogP contribution in [0.3, 0.4) is 0 Å². The van der Waals surface area contributed by atoms with Crippen LogP contribution in [0.1, 0.15) is 16.7 Å². The summed E-state index contributed by atoms with van der Waals surface area (Å²) in [4.78, 5) is 12.2.